The maximum atomic E-state index is 12.7. The van der Waals surface area contributed by atoms with Crippen LogP contribution in [0.4, 0.5) is 4.39 Å². The van der Waals surface area contributed by atoms with Crippen molar-refractivity contribution in [3.05, 3.63) is 52.7 Å². The fourth-order valence-electron chi connectivity index (χ4n) is 1.79. The number of nitrogens with one attached hydrogen (secondary N) is 1. The molecule has 0 aliphatic carbocycles. The first-order valence-corrected chi connectivity index (χ1v) is 7.18. The molecule has 1 aromatic heterocycles. The van der Waals surface area contributed by atoms with Crippen LogP contribution in [0.5, 0.6) is 5.06 Å². The van der Waals surface area contributed by atoms with E-state index in [1.165, 1.54) is 12.1 Å². The fourth-order valence-corrected chi connectivity index (χ4v) is 2.56. The van der Waals surface area contributed by atoms with E-state index in [0.717, 1.165) is 22.6 Å². The molecule has 2 aromatic rings. The number of halogens is 1. The fraction of sp³-hybridized carbons (Fsp3) is 0.267. The largest absolute Gasteiger partial charge is 0.487 e. The summed E-state index contributed by atoms with van der Waals surface area (Å²) in [5.74, 6) is -0.348. The van der Waals surface area contributed by atoms with Gasteiger partial charge in [0.05, 0.1) is 13.5 Å². The lowest BCUT2D eigenvalue weighted by Gasteiger charge is -2.04. The van der Waals surface area contributed by atoms with Gasteiger partial charge < -0.3 is 10.1 Å². The summed E-state index contributed by atoms with van der Waals surface area (Å²) in [7, 11) is 1.64. The van der Waals surface area contributed by atoms with Gasteiger partial charge in [-0.15, -0.1) is 11.3 Å². The van der Waals surface area contributed by atoms with Crippen molar-refractivity contribution < 1.29 is 13.9 Å². The van der Waals surface area contributed by atoms with Crippen molar-refractivity contribution in [2.75, 3.05) is 13.7 Å². The Morgan fingerprint density at radius 1 is 1.30 bits per heavy atom. The lowest BCUT2D eigenvalue weighted by atomic mass is 10.1. The molecule has 0 spiro atoms. The summed E-state index contributed by atoms with van der Waals surface area (Å²) in [5, 5.41) is 5.74. The van der Waals surface area contributed by atoms with E-state index >= 15 is 0 Å². The lowest BCUT2D eigenvalue weighted by Crippen LogP contribution is -2.27. The van der Waals surface area contributed by atoms with Crippen LogP contribution < -0.4 is 10.1 Å². The van der Waals surface area contributed by atoms with Gasteiger partial charge in [0.2, 0.25) is 5.91 Å². The van der Waals surface area contributed by atoms with Gasteiger partial charge >= 0.3 is 0 Å². The number of thiophene rings is 1. The van der Waals surface area contributed by atoms with Crippen molar-refractivity contribution in [1.82, 2.24) is 5.32 Å². The number of hydrogen-bond donors (Lipinski definition) is 1. The third-order valence-corrected chi connectivity index (χ3v) is 3.78. The Balaban J connectivity index is 1.73. The van der Waals surface area contributed by atoms with E-state index in [2.05, 4.69) is 5.32 Å². The number of carbonyl (C=O) groups excluding carboxylic acids is 1. The molecule has 0 aliphatic rings. The first kappa shape index (κ1) is 14.5. The molecule has 20 heavy (non-hydrogen) atoms. The second-order valence-corrected chi connectivity index (χ2v) is 5.26. The van der Waals surface area contributed by atoms with Crippen LogP contribution in [0.2, 0.25) is 0 Å². The molecule has 5 heteroatoms. The van der Waals surface area contributed by atoms with E-state index < -0.39 is 0 Å². The van der Waals surface area contributed by atoms with Crippen molar-refractivity contribution in [3.63, 3.8) is 0 Å². The minimum atomic E-state index is -0.291. The van der Waals surface area contributed by atoms with Crippen molar-refractivity contribution in [2.45, 2.75) is 12.8 Å². The maximum absolute atomic E-state index is 12.7. The Hall–Kier alpha value is -1.88. The maximum Gasteiger partial charge on any atom is 0.224 e. The summed E-state index contributed by atoms with van der Waals surface area (Å²) in [6.07, 6.45) is 1.04. The predicted octanol–water partition coefficient (Wildman–Crippen LogP) is 2.80. The van der Waals surface area contributed by atoms with Gasteiger partial charge in [-0.25, -0.2) is 4.39 Å². The SMILES string of the molecule is COc1cc(CCNC(=O)Cc2ccc(F)cc2)cs1. The van der Waals surface area contributed by atoms with Crippen LogP contribution in [0.25, 0.3) is 0 Å². The molecule has 0 fully saturated rings. The summed E-state index contributed by atoms with van der Waals surface area (Å²) in [6, 6.07) is 7.94. The highest BCUT2D eigenvalue weighted by molar-refractivity contribution is 7.12. The summed E-state index contributed by atoms with van der Waals surface area (Å²) >= 11 is 1.54. The summed E-state index contributed by atoms with van der Waals surface area (Å²) in [6.45, 7) is 0.583. The standard InChI is InChI=1S/C15H16FNO2S/c1-19-15-9-12(10-20-15)6-7-17-14(18)8-11-2-4-13(16)5-3-11/h2-5,9-10H,6-8H2,1H3,(H,17,18). The van der Waals surface area contributed by atoms with Gasteiger partial charge in [-0.05, 0) is 41.1 Å². The van der Waals surface area contributed by atoms with Gasteiger partial charge in [0, 0.05) is 6.54 Å². The lowest BCUT2D eigenvalue weighted by molar-refractivity contribution is -0.120. The Labute approximate surface area is 121 Å². The van der Waals surface area contributed by atoms with Gasteiger partial charge in [0.25, 0.3) is 0 Å². The monoisotopic (exact) mass is 293 g/mol. The normalized spacial score (nSPS) is 10.3. The molecule has 2 rings (SSSR count). The summed E-state index contributed by atoms with van der Waals surface area (Å²) < 4.78 is 17.8. The number of rotatable bonds is 6. The highest BCUT2D eigenvalue weighted by Crippen LogP contribution is 2.22. The van der Waals surface area contributed by atoms with Crippen LogP contribution in [0.3, 0.4) is 0 Å². The zero-order valence-corrected chi connectivity index (χ0v) is 12.0. The molecule has 3 nitrogen and oxygen atoms in total. The van der Waals surface area contributed by atoms with Crippen LogP contribution in [0.15, 0.2) is 35.7 Å². The zero-order chi connectivity index (χ0) is 14.4. The van der Waals surface area contributed by atoms with Gasteiger partial charge in [0.15, 0.2) is 5.06 Å². The summed E-state index contributed by atoms with van der Waals surface area (Å²) in [5.41, 5.74) is 1.95. The van der Waals surface area contributed by atoms with Gasteiger partial charge in [0.1, 0.15) is 5.82 Å². The molecular weight excluding hydrogens is 277 g/mol. The van der Waals surface area contributed by atoms with E-state index in [1.807, 2.05) is 11.4 Å². The van der Waals surface area contributed by atoms with Gasteiger partial charge in [-0.1, -0.05) is 12.1 Å². The second-order valence-electron chi connectivity index (χ2n) is 4.38. The molecule has 1 aromatic carbocycles. The Kier molecular flexibility index (Phi) is 5.12. The van der Waals surface area contributed by atoms with E-state index in [4.69, 9.17) is 4.74 Å². The van der Waals surface area contributed by atoms with Crippen LogP contribution in [-0.4, -0.2) is 19.6 Å². The number of benzene rings is 1. The smallest absolute Gasteiger partial charge is 0.224 e. The Bertz CT molecular complexity index is 566. The first-order valence-electron chi connectivity index (χ1n) is 6.30. The molecule has 1 heterocycles. The molecule has 0 unspecified atom stereocenters. The highest BCUT2D eigenvalue weighted by Gasteiger charge is 2.04. The number of hydrogen-bond acceptors (Lipinski definition) is 3. The molecule has 1 N–H and O–H groups in total. The van der Waals surface area contributed by atoms with Crippen molar-refractivity contribution in [2.24, 2.45) is 0 Å². The van der Waals surface area contributed by atoms with E-state index in [1.54, 1.807) is 30.6 Å². The van der Waals surface area contributed by atoms with E-state index in [-0.39, 0.29) is 18.1 Å². The average molecular weight is 293 g/mol. The third-order valence-electron chi connectivity index (χ3n) is 2.84. The number of methoxy groups -OCH3 is 1. The minimum Gasteiger partial charge on any atom is -0.487 e. The second kappa shape index (κ2) is 7.05. The van der Waals surface area contributed by atoms with E-state index in [9.17, 15) is 9.18 Å². The van der Waals surface area contributed by atoms with Crippen molar-refractivity contribution in [1.29, 1.82) is 0 Å². The molecular formula is C15H16FNO2S. The molecule has 0 saturated heterocycles. The van der Waals surface area contributed by atoms with Crippen molar-refractivity contribution >= 4 is 17.2 Å². The number of amides is 1. The van der Waals surface area contributed by atoms with Gasteiger partial charge in [-0.2, -0.15) is 0 Å². The average Bonchev–Trinajstić information content (AvgIpc) is 2.89. The minimum absolute atomic E-state index is 0.0567. The molecule has 1 amide bonds. The number of carbonyl (C=O) groups is 1. The first-order chi connectivity index (χ1) is 9.67. The number of ether oxygens (including phenoxy) is 1. The molecule has 0 saturated carbocycles. The quantitative estimate of drug-likeness (QED) is 0.889. The predicted molar refractivity (Wildman–Crippen MR) is 77.7 cm³/mol. The van der Waals surface area contributed by atoms with Crippen LogP contribution >= 0.6 is 11.3 Å². The topological polar surface area (TPSA) is 38.3 Å². The van der Waals surface area contributed by atoms with Crippen LogP contribution in [-0.2, 0) is 17.6 Å². The van der Waals surface area contributed by atoms with Gasteiger partial charge in [-0.3, -0.25) is 4.79 Å². The third kappa shape index (κ3) is 4.35. The van der Waals surface area contributed by atoms with Crippen LogP contribution in [0, 0.1) is 5.82 Å². The Morgan fingerprint density at radius 3 is 2.70 bits per heavy atom. The zero-order valence-electron chi connectivity index (χ0n) is 11.2. The highest BCUT2D eigenvalue weighted by atomic mass is 32.1. The van der Waals surface area contributed by atoms with Crippen LogP contribution in [0.1, 0.15) is 11.1 Å². The molecule has 0 atom stereocenters. The molecule has 0 radical (unpaired) electrons. The Morgan fingerprint density at radius 2 is 2.05 bits per heavy atom. The van der Waals surface area contributed by atoms with E-state index in [0.29, 0.717) is 6.54 Å². The van der Waals surface area contributed by atoms with Crippen molar-refractivity contribution in [3.8, 4) is 5.06 Å². The molecule has 106 valence electrons. The molecule has 0 aliphatic heterocycles. The molecule has 0 bridgehead atoms. The summed E-state index contributed by atoms with van der Waals surface area (Å²) in [4.78, 5) is 11.7.